The van der Waals surface area contributed by atoms with E-state index in [1.165, 1.54) is 4.68 Å². The third-order valence-corrected chi connectivity index (χ3v) is 3.17. The maximum Gasteiger partial charge on any atom is 0.252 e. The molecule has 3 aromatic rings. The highest BCUT2D eigenvalue weighted by atomic mass is 16.5. The highest BCUT2D eigenvalue weighted by molar-refractivity contribution is 5.78. The Morgan fingerprint density at radius 3 is 2.62 bits per heavy atom. The Morgan fingerprint density at radius 1 is 1.10 bits per heavy atom. The fraction of sp³-hybridized carbons (Fsp3) is 0.133. The van der Waals surface area contributed by atoms with Gasteiger partial charge in [0.15, 0.2) is 0 Å². The van der Waals surface area contributed by atoms with Crippen molar-refractivity contribution >= 4 is 16.9 Å². The first-order valence-electron chi connectivity index (χ1n) is 6.55. The molecule has 0 aliphatic heterocycles. The normalized spacial score (nSPS) is 10.7. The van der Waals surface area contributed by atoms with Crippen LogP contribution in [0.25, 0.3) is 11.0 Å². The standard InChI is InChI=1S/C15H14N4O2/c20-15(10-12-6-2-1-3-7-12)19(21)11-18-14-9-5-4-8-13(14)16-17-18/h1-9,21H,10-11H2. The molecule has 0 saturated carbocycles. The highest BCUT2D eigenvalue weighted by Crippen LogP contribution is 2.10. The zero-order valence-electron chi connectivity index (χ0n) is 11.3. The van der Waals surface area contributed by atoms with Crippen LogP contribution < -0.4 is 0 Å². The number of rotatable bonds is 4. The van der Waals surface area contributed by atoms with E-state index >= 15 is 0 Å². The Bertz CT molecular complexity index is 754. The van der Waals surface area contributed by atoms with Gasteiger partial charge >= 0.3 is 0 Å². The number of fused-ring (bicyclic) bond motifs is 1. The molecule has 6 heteroatoms. The first-order chi connectivity index (χ1) is 10.2. The molecule has 3 rings (SSSR count). The second-order valence-corrected chi connectivity index (χ2v) is 4.67. The average Bonchev–Trinajstić information content (AvgIpc) is 2.91. The summed E-state index contributed by atoms with van der Waals surface area (Å²) in [5.74, 6) is -0.388. The molecule has 21 heavy (non-hydrogen) atoms. The molecule has 0 aliphatic carbocycles. The van der Waals surface area contributed by atoms with Crippen molar-refractivity contribution in [3.8, 4) is 0 Å². The third kappa shape index (κ3) is 2.90. The molecule has 0 bridgehead atoms. The fourth-order valence-electron chi connectivity index (χ4n) is 2.09. The minimum atomic E-state index is -0.388. The smallest absolute Gasteiger partial charge is 0.252 e. The van der Waals surface area contributed by atoms with Crippen molar-refractivity contribution in [2.75, 3.05) is 0 Å². The molecule has 106 valence electrons. The van der Waals surface area contributed by atoms with Crippen LogP contribution in [0.15, 0.2) is 54.6 Å². The molecule has 1 amide bonds. The summed E-state index contributed by atoms with van der Waals surface area (Å²) in [4.78, 5) is 12.0. The average molecular weight is 282 g/mol. The molecular formula is C15H14N4O2. The van der Waals surface area contributed by atoms with Crippen molar-refractivity contribution in [3.05, 3.63) is 60.2 Å². The van der Waals surface area contributed by atoms with E-state index in [-0.39, 0.29) is 19.0 Å². The van der Waals surface area contributed by atoms with E-state index in [2.05, 4.69) is 10.3 Å². The largest absolute Gasteiger partial charge is 0.284 e. The Labute approximate surface area is 121 Å². The predicted molar refractivity (Wildman–Crippen MR) is 76.3 cm³/mol. The van der Waals surface area contributed by atoms with Gasteiger partial charge in [0, 0.05) is 0 Å². The topological polar surface area (TPSA) is 71.2 Å². The van der Waals surface area contributed by atoms with Gasteiger partial charge < -0.3 is 0 Å². The SMILES string of the molecule is O=C(Cc1ccccc1)N(O)Cn1nnc2ccccc21. The number of nitrogens with zero attached hydrogens (tertiary/aromatic N) is 4. The van der Waals surface area contributed by atoms with Gasteiger partial charge in [-0.05, 0) is 17.7 Å². The molecule has 2 aromatic carbocycles. The van der Waals surface area contributed by atoms with Crippen LogP contribution in [0.4, 0.5) is 0 Å². The lowest BCUT2D eigenvalue weighted by Gasteiger charge is -2.15. The molecular weight excluding hydrogens is 268 g/mol. The number of aromatic nitrogens is 3. The molecule has 0 fully saturated rings. The van der Waals surface area contributed by atoms with E-state index in [1.54, 1.807) is 0 Å². The van der Waals surface area contributed by atoms with Gasteiger partial charge in [0.1, 0.15) is 12.2 Å². The van der Waals surface area contributed by atoms with Gasteiger partial charge in [-0.15, -0.1) is 5.10 Å². The van der Waals surface area contributed by atoms with Gasteiger partial charge in [-0.3, -0.25) is 10.0 Å². The first kappa shape index (κ1) is 13.3. The number of para-hydroxylation sites is 1. The summed E-state index contributed by atoms with van der Waals surface area (Å²) in [7, 11) is 0. The van der Waals surface area contributed by atoms with Crippen LogP contribution in [0.2, 0.25) is 0 Å². The predicted octanol–water partition coefficient (Wildman–Crippen LogP) is 1.85. The van der Waals surface area contributed by atoms with E-state index in [1.807, 2.05) is 54.6 Å². The monoisotopic (exact) mass is 282 g/mol. The number of carbonyl (C=O) groups excluding carboxylic acids is 1. The Hall–Kier alpha value is -2.73. The van der Waals surface area contributed by atoms with Crippen LogP contribution in [0.3, 0.4) is 0 Å². The van der Waals surface area contributed by atoms with Crippen molar-refractivity contribution < 1.29 is 10.0 Å². The summed E-state index contributed by atoms with van der Waals surface area (Å²) in [6.07, 6.45) is 0.143. The van der Waals surface area contributed by atoms with E-state index in [4.69, 9.17) is 0 Å². The molecule has 0 unspecified atom stereocenters. The zero-order chi connectivity index (χ0) is 14.7. The molecule has 1 heterocycles. The third-order valence-electron chi connectivity index (χ3n) is 3.17. The Kier molecular flexibility index (Phi) is 3.61. The second kappa shape index (κ2) is 5.72. The summed E-state index contributed by atoms with van der Waals surface area (Å²) in [5.41, 5.74) is 2.34. The fourth-order valence-corrected chi connectivity index (χ4v) is 2.09. The number of hydrogen-bond acceptors (Lipinski definition) is 4. The first-order valence-corrected chi connectivity index (χ1v) is 6.55. The van der Waals surface area contributed by atoms with Crippen LogP contribution in [-0.4, -0.2) is 31.2 Å². The Morgan fingerprint density at radius 2 is 1.81 bits per heavy atom. The highest BCUT2D eigenvalue weighted by Gasteiger charge is 2.14. The van der Waals surface area contributed by atoms with Gasteiger partial charge in [0.05, 0.1) is 11.9 Å². The second-order valence-electron chi connectivity index (χ2n) is 4.67. The number of benzene rings is 2. The van der Waals surface area contributed by atoms with Crippen molar-refractivity contribution in [1.82, 2.24) is 20.1 Å². The molecule has 0 aliphatic rings. The van der Waals surface area contributed by atoms with Gasteiger partial charge in [-0.1, -0.05) is 47.7 Å². The van der Waals surface area contributed by atoms with E-state index in [9.17, 15) is 10.0 Å². The van der Waals surface area contributed by atoms with Crippen molar-refractivity contribution in [3.63, 3.8) is 0 Å². The van der Waals surface area contributed by atoms with E-state index in [0.29, 0.717) is 5.06 Å². The van der Waals surface area contributed by atoms with Crippen LogP contribution in [-0.2, 0) is 17.9 Å². The molecule has 0 saturated heterocycles. The van der Waals surface area contributed by atoms with Gasteiger partial charge in [0.2, 0.25) is 0 Å². The van der Waals surface area contributed by atoms with Crippen LogP contribution in [0.5, 0.6) is 0 Å². The van der Waals surface area contributed by atoms with Crippen LogP contribution in [0.1, 0.15) is 5.56 Å². The number of carbonyl (C=O) groups is 1. The van der Waals surface area contributed by atoms with Crippen molar-refractivity contribution in [2.45, 2.75) is 13.1 Å². The summed E-state index contributed by atoms with van der Waals surface area (Å²) >= 11 is 0. The van der Waals surface area contributed by atoms with Gasteiger partial charge in [0.25, 0.3) is 5.91 Å². The summed E-state index contributed by atoms with van der Waals surface area (Å²) in [6.45, 7) is -0.0494. The molecule has 1 aromatic heterocycles. The van der Waals surface area contributed by atoms with Crippen LogP contribution >= 0.6 is 0 Å². The number of hydroxylamine groups is 2. The minimum Gasteiger partial charge on any atom is -0.284 e. The van der Waals surface area contributed by atoms with E-state index < -0.39 is 0 Å². The molecule has 0 radical (unpaired) electrons. The molecule has 0 spiro atoms. The Balaban J connectivity index is 1.71. The maximum absolute atomic E-state index is 12.0. The summed E-state index contributed by atoms with van der Waals surface area (Å²) in [5, 5.41) is 18.5. The molecule has 0 atom stereocenters. The van der Waals surface area contributed by atoms with Gasteiger partial charge in [-0.2, -0.15) is 0 Å². The summed E-state index contributed by atoms with van der Waals surface area (Å²) < 4.78 is 1.48. The van der Waals surface area contributed by atoms with E-state index in [0.717, 1.165) is 16.6 Å². The lowest BCUT2D eigenvalue weighted by molar-refractivity contribution is -0.172. The van der Waals surface area contributed by atoms with Crippen molar-refractivity contribution in [1.29, 1.82) is 0 Å². The van der Waals surface area contributed by atoms with Crippen LogP contribution in [0, 0.1) is 0 Å². The van der Waals surface area contributed by atoms with Crippen molar-refractivity contribution in [2.24, 2.45) is 0 Å². The lowest BCUT2D eigenvalue weighted by Crippen LogP contribution is -2.31. The quantitative estimate of drug-likeness (QED) is 0.585. The summed E-state index contributed by atoms with van der Waals surface area (Å²) in [6, 6.07) is 16.7. The molecule has 1 N–H and O–H groups in total. The lowest BCUT2D eigenvalue weighted by atomic mass is 10.1. The number of amides is 1. The van der Waals surface area contributed by atoms with Gasteiger partial charge in [-0.25, -0.2) is 9.75 Å². The minimum absolute atomic E-state index is 0.0494. The maximum atomic E-state index is 12.0. The number of hydrogen-bond donors (Lipinski definition) is 1. The zero-order valence-corrected chi connectivity index (χ0v) is 11.3. The molecule has 6 nitrogen and oxygen atoms in total.